The fraction of sp³-hybridized carbons (Fsp3) is 0.400. The van der Waals surface area contributed by atoms with Crippen LogP contribution in [0.3, 0.4) is 0 Å². The molecular weight excluding hydrogens is 456 g/mol. The van der Waals surface area contributed by atoms with Crippen molar-refractivity contribution < 1.29 is 4.39 Å². The van der Waals surface area contributed by atoms with E-state index in [1.165, 1.54) is 17.2 Å². The van der Waals surface area contributed by atoms with Crippen molar-refractivity contribution in [2.24, 2.45) is 4.99 Å². The first kappa shape index (κ1) is 21.4. The molecule has 0 aliphatic carbocycles. The van der Waals surface area contributed by atoms with Crippen LogP contribution in [0.25, 0.3) is 0 Å². The average molecular weight is 483 g/mol. The second kappa shape index (κ2) is 10.4. The third-order valence-corrected chi connectivity index (χ3v) is 4.74. The van der Waals surface area contributed by atoms with E-state index in [4.69, 9.17) is 0 Å². The normalized spacial score (nSPS) is 16.8. The summed E-state index contributed by atoms with van der Waals surface area (Å²) in [6.07, 6.45) is 3.56. The van der Waals surface area contributed by atoms with Gasteiger partial charge in [0.25, 0.3) is 0 Å². The Labute approximate surface area is 177 Å². The summed E-state index contributed by atoms with van der Waals surface area (Å²) in [5, 5.41) is 6.82. The number of halogens is 2. The molecule has 0 saturated carbocycles. The fourth-order valence-corrected chi connectivity index (χ4v) is 3.32. The minimum Gasteiger partial charge on any atom is -0.352 e. The van der Waals surface area contributed by atoms with Gasteiger partial charge in [0.05, 0.1) is 0 Å². The van der Waals surface area contributed by atoms with E-state index >= 15 is 0 Å². The van der Waals surface area contributed by atoms with E-state index in [1.54, 1.807) is 19.3 Å². The first-order valence-corrected chi connectivity index (χ1v) is 9.10. The Balaban J connectivity index is 0.00000261. The van der Waals surface area contributed by atoms with Crippen LogP contribution in [0.4, 0.5) is 10.2 Å². The van der Waals surface area contributed by atoms with Gasteiger partial charge in [-0.2, -0.15) is 0 Å². The van der Waals surface area contributed by atoms with Gasteiger partial charge in [0, 0.05) is 38.9 Å². The Morgan fingerprint density at radius 3 is 2.74 bits per heavy atom. The largest absolute Gasteiger partial charge is 0.352 e. The molecule has 3 rings (SSSR count). The van der Waals surface area contributed by atoms with Gasteiger partial charge in [-0.1, -0.05) is 31.2 Å². The van der Waals surface area contributed by atoms with Crippen LogP contribution in [0.15, 0.2) is 47.6 Å². The van der Waals surface area contributed by atoms with E-state index < -0.39 is 0 Å². The number of nitrogens with zero attached hydrogens (tertiary/aromatic N) is 3. The van der Waals surface area contributed by atoms with Crippen molar-refractivity contribution in [2.75, 3.05) is 25.0 Å². The molecule has 2 aromatic rings. The molecule has 2 N–H and O–H groups in total. The summed E-state index contributed by atoms with van der Waals surface area (Å²) < 4.78 is 13.9. The third kappa shape index (κ3) is 5.54. The van der Waals surface area contributed by atoms with E-state index in [-0.39, 0.29) is 35.8 Å². The monoisotopic (exact) mass is 483 g/mol. The van der Waals surface area contributed by atoms with E-state index in [2.05, 4.69) is 51.8 Å². The van der Waals surface area contributed by atoms with Crippen molar-refractivity contribution >= 4 is 35.8 Å². The van der Waals surface area contributed by atoms with Gasteiger partial charge in [0.1, 0.15) is 0 Å². The van der Waals surface area contributed by atoms with E-state index in [9.17, 15) is 4.39 Å². The number of guanidine groups is 1. The summed E-state index contributed by atoms with van der Waals surface area (Å²) in [6.45, 7) is 4.38. The lowest BCUT2D eigenvalue weighted by atomic mass is 10.1. The van der Waals surface area contributed by atoms with Crippen LogP contribution in [0.2, 0.25) is 0 Å². The number of hydrogen-bond donors (Lipinski definition) is 2. The lowest BCUT2D eigenvalue weighted by Crippen LogP contribution is -2.44. The molecule has 2 heterocycles. The predicted molar refractivity (Wildman–Crippen MR) is 119 cm³/mol. The molecule has 1 saturated heterocycles. The maximum atomic E-state index is 13.9. The molecule has 0 spiro atoms. The molecule has 1 atom stereocenters. The van der Waals surface area contributed by atoms with Gasteiger partial charge in [0.2, 0.25) is 0 Å². The Bertz CT molecular complexity index is 768. The second-order valence-electron chi connectivity index (χ2n) is 6.43. The van der Waals surface area contributed by atoms with Gasteiger partial charge in [-0.15, -0.1) is 24.0 Å². The molecule has 27 heavy (non-hydrogen) atoms. The van der Waals surface area contributed by atoms with Crippen molar-refractivity contribution in [2.45, 2.75) is 32.4 Å². The van der Waals surface area contributed by atoms with Crippen LogP contribution in [0, 0.1) is 5.82 Å². The number of rotatable bonds is 5. The number of anilines is 1. The molecule has 5 nitrogen and oxygen atoms in total. The molecule has 7 heteroatoms. The third-order valence-electron chi connectivity index (χ3n) is 4.74. The van der Waals surface area contributed by atoms with Crippen LogP contribution >= 0.6 is 24.0 Å². The molecule has 1 fully saturated rings. The van der Waals surface area contributed by atoms with Crippen molar-refractivity contribution in [3.8, 4) is 0 Å². The van der Waals surface area contributed by atoms with E-state index in [0.717, 1.165) is 31.9 Å². The van der Waals surface area contributed by atoms with Crippen LogP contribution in [-0.4, -0.2) is 37.1 Å². The Morgan fingerprint density at radius 2 is 2.04 bits per heavy atom. The van der Waals surface area contributed by atoms with Crippen molar-refractivity contribution in [1.82, 2.24) is 15.6 Å². The highest BCUT2D eigenvalue weighted by Crippen LogP contribution is 2.20. The van der Waals surface area contributed by atoms with Crippen LogP contribution in [-0.2, 0) is 13.0 Å². The molecule has 0 radical (unpaired) electrons. The molecule has 1 aromatic carbocycles. The fourth-order valence-electron chi connectivity index (χ4n) is 3.32. The topological polar surface area (TPSA) is 52.6 Å². The summed E-state index contributed by atoms with van der Waals surface area (Å²) in [5.41, 5.74) is 2.62. The minimum absolute atomic E-state index is 0. The van der Waals surface area contributed by atoms with Gasteiger partial charge < -0.3 is 15.5 Å². The Hall–Kier alpha value is -1.90. The van der Waals surface area contributed by atoms with Crippen LogP contribution < -0.4 is 15.5 Å². The smallest absolute Gasteiger partial charge is 0.191 e. The zero-order valence-electron chi connectivity index (χ0n) is 15.8. The highest BCUT2D eigenvalue weighted by atomic mass is 127. The number of pyridine rings is 1. The Kier molecular flexibility index (Phi) is 8.27. The molecule has 0 bridgehead atoms. The number of aliphatic imine (C=N–C) groups is 1. The molecule has 1 aliphatic rings. The maximum Gasteiger partial charge on any atom is 0.191 e. The van der Waals surface area contributed by atoms with Crippen LogP contribution in [0.5, 0.6) is 0 Å². The van der Waals surface area contributed by atoms with Crippen molar-refractivity contribution in [1.29, 1.82) is 0 Å². The van der Waals surface area contributed by atoms with Gasteiger partial charge in [-0.25, -0.2) is 9.37 Å². The van der Waals surface area contributed by atoms with E-state index in [0.29, 0.717) is 12.4 Å². The molecular formula is C20H27FIN5. The maximum absolute atomic E-state index is 13.9. The van der Waals surface area contributed by atoms with Gasteiger partial charge in [0.15, 0.2) is 17.6 Å². The summed E-state index contributed by atoms with van der Waals surface area (Å²) in [6, 6.07) is 11.7. The minimum atomic E-state index is -0.271. The highest BCUT2D eigenvalue weighted by Gasteiger charge is 2.25. The summed E-state index contributed by atoms with van der Waals surface area (Å²) >= 11 is 0. The first-order chi connectivity index (χ1) is 12.7. The number of nitrogens with one attached hydrogen (secondary N) is 2. The lowest BCUT2D eigenvalue weighted by molar-refractivity contribution is 0.612. The molecule has 146 valence electrons. The van der Waals surface area contributed by atoms with Gasteiger partial charge in [-0.05, 0) is 36.1 Å². The van der Waals surface area contributed by atoms with Gasteiger partial charge in [-0.3, -0.25) is 4.99 Å². The summed E-state index contributed by atoms with van der Waals surface area (Å²) in [5.74, 6) is 0.924. The number of hydrogen-bond acceptors (Lipinski definition) is 3. The predicted octanol–water partition coefficient (Wildman–Crippen LogP) is 3.35. The number of aromatic nitrogens is 1. The van der Waals surface area contributed by atoms with Crippen LogP contribution in [0.1, 0.15) is 24.5 Å². The molecule has 1 aromatic heterocycles. The Morgan fingerprint density at radius 1 is 1.26 bits per heavy atom. The van der Waals surface area contributed by atoms with E-state index in [1.807, 2.05) is 4.90 Å². The number of benzene rings is 1. The van der Waals surface area contributed by atoms with Crippen molar-refractivity contribution in [3.63, 3.8) is 0 Å². The zero-order chi connectivity index (χ0) is 18.4. The first-order valence-electron chi connectivity index (χ1n) is 9.10. The summed E-state index contributed by atoms with van der Waals surface area (Å²) in [7, 11) is 1.77. The number of aryl methyl sites for hydroxylation is 1. The zero-order valence-corrected chi connectivity index (χ0v) is 18.1. The average Bonchev–Trinajstić information content (AvgIpc) is 3.14. The molecule has 1 unspecified atom stereocenters. The summed E-state index contributed by atoms with van der Waals surface area (Å²) in [4.78, 5) is 10.5. The lowest BCUT2D eigenvalue weighted by Gasteiger charge is -2.20. The highest BCUT2D eigenvalue weighted by molar-refractivity contribution is 14.0. The standard InChI is InChI=1S/C20H26FN5.HI/c1-3-15-7-4-5-8-16(15)13-24-20(22-2)25-17-10-12-26(14-17)19-18(21)9-6-11-23-19;/h4-9,11,17H,3,10,12-14H2,1-2H3,(H2,22,24,25);1H. The second-order valence-corrected chi connectivity index (χ2v) is 6.43. The SMILES string of the molecule is CCc1ccccc1CNC(=NC)NC1CCN(c2ncccc2F)C1.I. The van der Waals surface area contributed by atoms with Gasteiger partial charge >= 0.3 is 0 Å². The van der Waals surface area contributed by atoms with Crippen molar-refractivity contribution in [3.05, 3.63) is 59.5 Å². The quantitative estimate of drug-likeness (QED) is 0.389. The molecule has 1 aliphatic heterocycles. The molecule has 0 amide bonds.